The van der Waals surface area contributed by atoms with Crippen molar-refractivity contribution in [1.82, 2.24) is 9.97 Å². The van der Waals surface area contributed by atoms with E-state index in [-0.39, 0.29) is 23.3 Å². The van der Waals surface area contributed by atoms with Gasteiger partial charge in [0.15, 0.2) is 6.61 Å². The lowest BCUT2D eigenvalue weighted by molar-refractivity contribution is -0.118. The lowest BCUT2D eigenvalue weighted by Gasteiger charge is -2.10. The molecule has 3 aromatic rings. The van der Waals surface area contributed by atoms with Gasteiger partial charge in [-0.25, -0.2) is 9.97 Å². The average molecular weight is 459 g/mol. The number of nitrogens with zero attached hydrogens (tertiary/aromatic N) is 2. The summed E-state index contributed by atoms with van der Waals surface area (Å²) in [5.74, 6) is -0.399. The van der Waals surface area contributed by atoms with E-state index in [2.05, 4.69) is 36.0 Å². The number of amides is 1. The number of carbonyl (C=O) groups excluding carboxylic acids is 1. The first-order chi connectivity index (χ1) is 12.9. The number of hydrogen-bond acceptors (Lipinski definition) is 5. The highest BCUT2D eigenvalue weighted by Gasteiger charge is 2.12. The highest BCUT2D eigenvalue weighted by Crippen LogP contribution is 2.29. The molecular weight excluding hydrogens is 448 g/mol. The van der Waals surface area contributed by atoms with Gasteiger partial charge in [0.25, 0.3) is 5.91 Å². The van der Waals surface area contributed by atoms with E-state index in [1.165, 1.54) is 24.5 Å². The number of nitrogens with one attached hydrogen (secondary N) is 1. The Balaban J connectivity index is 1.65. The van der Waals surface area contributed by atoms with Crippen molar-refractivity contribution in [2.24, 2.45) is 0 Å². The van der Waals surface area contributed by atoms with Gasteiger partial charge in [-0.1, -0.05) is 27.5 Å². The van der Waals surface area contributed by atoms with E-state index in [9.17, 15) is 13.6 Å². The molecule has 0 aliphatic heterocycles. The Hall–Kier alpha value is -2.52. The summed E-state index contributed by atoms with van der Waals surface area (Å²) in [6.07, 6.45) is 1.34. The van der Waals surface area contributed by atoms with Crippen molar-refractivity contribution >= 4 is 50.0 Å². The second-order valence-corrected chi connectivity index (χ2v) is 6.52. The van der Waals surface area contributed by atoms with Gasteiger partial charge in [0.1, 0.15) is 12.1 Å². The van der Waals surface area contributed by atoms with Crippen molar-refractivity contribution in [1.29, 1.82) is 0 Å². The molecule has 0 spiro atoms. The van der Waals surface area contributed by atoms with Gasteiger partial charge in [-0.15, -0.1) is 0 Å². The van der Waals surface area contributed by atoms with Gasteiger partial charge in [0.05, 0.1) is 15.9 Å². The molecular formula is C17H11BrClF2N3O3. The lowest BCUT2D eigenvalue weighted by Crippen LogP contribution is -2.20. The topological polar surface area (TPSA) is 73.3 Å². The Morgan fingerprint density at radius 3 is 2.78 bits per heavy atom. The maximum absolute atomic E-state index is 12.2. The van der Waals surface area contributed by atoms with Crippen LogP contribution in [0.3, 0.4) is 0 Å². The van der Waals surface area contributed by atoms with Crippen LogP contribution in [0, 0.1) is 0 Å². The maximum atomic E-state index is 12.2. The number of ether oxygens (including phenoxy) is 2. The van der Waals surface area contributed by atoms with E-state index in [0.29, 0.717) is 16.6 Å². The van der Waals surface area contributed by atoms with Crippen molar-refractivity contribution in [3.63, 3.8) is 0 Å². The van der Waals surface area contributed by atoms with Crippen molar-refractivity contribution in [2.75, 3.05) is 11.9 Å². The minimum atomic E-state index is -2.99. The molecule has 3 rings (SSSR count). The molecule has 0 bridgehead atoms. The van der Waals surface area contributed by atoms with Gasteiger partial charge in [0.2, 0.25) is 5.88 Å². The molecule has 2 aromatic carbocycles. The molecule has 1 N–H and O–H groups in total. The summed E-state index contributed by atoms with van der Waals surface area (Å²) >= 11 is 9.21. The SMILES string of the molecule is O=C(COc1ncnc2ccc(Br)cc12)Nc1ccc(OC(F)F)c(Cl)c1. The molecule has 1 amide bonds. The predicted molar refractivity (Wildman–Crippen MR) is 99.4 cm³/mol. The molecule has 6 nitrogen and oxygen atoms in total. The van der Waals surface area contributed by atoms with E-state index in [4.69, 9.17) is 16.3 Å². The van der Waals surface area contributed by atoms with Crippen molar-refractivity contribution < 1.29 is 23.0 Å². The van der Waals surface area contributed by atoms with E-state index in [0.717, 1.165) is 4.47 Å². The van der Waals surface area contributed by atoms with Gasteiger partial charge in [-0.3, -0.25) is 4.79 Å². The molecule has 1 aromatic heterocycles. The number of rotatable bonds is 6. The Labute approximate surface area is 165 Å². The fourth-order valence-corrected chi connectivity index (χ4v) is 2.81. The van der Waals surface area contributed by atoms with Crippen LogP contribution in [0.2, 0.25) is 5.02 Å². The Bertz CT molecular complexity index is 991. The van der Waals surface area contributed by atoms with E-state index >= 15 is 0 Å². The van der Waals surface area contributed by atoms with E-state index in [1.807, 2.05) is 6.07 Å². The Morgan fingerprint density at radius 2 is 2.04 bits per heavy atom. The molecule has 0 saturated heterocycles. The number of alkyl halides is 2. The smallest absolute Gasteiger partial charge is 0.387 e. The fraction of sp³-hybridized carbons (Fsp3) is 0.118. The van der Waals surface area contributed by atoms with Crippen LogP contribution in [0.15, 0.2) is 47.2 Å². The highest BCUT2D eigenvalue weighted by molar-refractivity contribution is 9.10. The summed E-state index contributed by atoms with van der Waals surface area (Å²) in [5, 5.41) is 3.14. The highest BCUT2D eigenvalue weighted by atomic mass is 79.9. The summed E-state index contributed by atoms with van der Waals surface area (Å²) < 4.78 is 35.0. The molecule has 0 saturated carbocycles. The standard InChI is InChI=1S/C17H11BrClF2N3O3/c18-9-1-3-13-11(5-9)16(23-8-22-13)26-7-15(25)24-10-2-4-14(12(19)6-10)27-17(20)21/h1-6,8,17H,7H2,(H,24,25). The number of aromatic nitrogens is 2. The van der Waals surface area contributed by atoms with Crippen LogP contribution >= 0.6 is 27.5 Å². The number of benzene rings is 2. The zero-order chi connectivity index (χ0) is 19.4. The molecule has 27 heavy (non-hydrogen) atoms. The van der Waals surface area contributed by atoms with Crippen LogP contribution in [0.25, 0.3) is 10.9 Å². The zero-order valence-corrected chi connectivity index (χ0v) is 15.8. The van der Waals surface area contributed by atoms with Crippen LogP contribution in [0.4, 0.5) is 14.5 Å². The number of carbonyl (C=O) groups is 1. The largest absolute Gasteiger partial charge is 0.467 e. The van der Waals surface area contributed by atoms with Crippen LogP contribution in [0.5, 0.6) is 11.6 Å². The van der Waals surface area contributed by atoms with Gasteiger partial charge in [-0.05, 0) is 36.4 Å². The Morgan fingerprint density at radius 1 is 1.22 bits per heavy atom. The fourth-order valence-electron chi connectivity index (χ4n) is 2.22. The molecule has 0 aliphatic rings. The Kier molecular flexibility index (Phi) is 6.02. The predicted octanol–water partition coefficient (Wildman–Crippen LogP) is 4.66. The number of hydrogen-bond donors (Lipinski definition) is 1. The molecule has 1 heterocycles. The third-order valence-corrected chi connectivity index (χ3v) is 4.12. The number of halogens is 4. The quantitative estimate of drug-likeness (QED) is 0.581. The first-order valence-corrected chi connectivity index (χ1v) is 8.67. The average Bonchev–Trinajstić information content (AvgIpc) is 2.62. The van der Waals surface area contributed by atoms with Crippen molar-refractivity contribution in [3.8, 4) is 11.6 Å². The van der Waals surface area contributed by atoms with Gasteiger partial charge < -0.3 is 14.8 Å². The van der Waals surface area contributed by atoms with E-state index in [1.54, 1.807) is 12.1 Å². The maximum Gasteiger partial charge on any atom is 0.387 e. The monoisotopic (exact) mass is 457 g/mol. The lowest BCUT2D eigenvalue weighted by atomic mass is 10.2. The van der Waals surface area contributed by atoms with E-state index < -0.39 is 12.5 Å². The van der Waals surface area contributed by atoms with Gasteiger partial charge in [-0.2, -0.15) is 8.78 Å². The van der Waals surface area contributed by atoms with Crippen LogP contribution in [-0.2, 0) is 4.79 Å². The molecule has 0 radical (unpaired) electrons. The normalized spacial score (nSPS) is 10.9. The molecule has 10 heteroatoms. The minimum Gasteiger partial charge on any atom is -0.467 e. The molecule has 0 fully saturated rings. The third-order valence-electron chi connectivity index (χ3n) is 3.33. The van der Waals surface area contributed by atoms with Crippen molar-refractivity contribution in [2.45, 2.75) is 6.61 Å². The summed E-state index contributed by atoms with van der Waals surface area (Å²) in [5.41, 5.74) is 0.982. The second-order valence-electron chi connectivity index (χ2n) is 5.20. The van der Waals surface area contributed by atoms with Crippen LogP contribution in [0.1, 0.15) is 0 Å². The summed E-state index contributed by atoms with van der Waals surface area (Å²) in [4.78, 5) is 20.2. The third kappa shape index (κ3) is 5.01. The zero-order valence-electron chi connectivity index (χ0n) is 13.5. The summed E-state index contributed by atoms with van der Waals surface area (Å²) in [7, 11) is 0. The van der Waals surface area contributed by atoms with Gasteiger partial charge in [0, 0.05) is 10.2 Å². The van der Waals surface area contributed by atoms with Crippen LogP contribution < -0.4 is 14.8 Å². The minimum absolute atomic E-state index is 0.0549. The molecule has 0 unspecified atom stereocenters. The first kappa shape index (κ1) is 19.2. The summed E-state index contributed by atoms with van der Waals surface area (Å²) in [6.45, 7) is -3.30. The van der Waals surface area contributed by atoms with Gasteiger partial charge >= 0.3 is 6.61 Å². The second kappa shape index (κ2) is 8.45. The molecule has 0 atom stereocenters. The summed E-state index contributed by atoms with van der Waals surface area (Å²) in [6, 6.07) is 9.33. The van der Waals surface area contributed by atoms with Crippen LogP contribution in [-0.4, -0.2) is 29.1 Å². The number of fused-ring (bicyclic) bond motifs is 1. The first-order valence-electron chi connectivity index (χ1n) is 7.49. The molecule has 0 aliphatic carbocycles. The van der Waals surface area contributed by atoms with Crippen molar-refractivity contribution in [3.05, 3.63) is 52.2 Å². The number of anilines is 1. The molecule has 140 valence electrons.